The van der Waals surface area contributed by atoms with E-state index in [1.165, 1.54) is 39.8 Å². The van der Waals surface area contributed by atoms with Crippen LogP contribution in [0.15, 0.2) is 129 Å². The van der Waals surface area contributed by atoms with Crippen molar-refractivity contribution in [1.82, 2.24) is 0 Å². The lowest BCUT2D eigenvalue weighted by Gasteiger charge is -2.34. The summed E-state index contributed by atoms with van der Waals surface area (Å²) in [5.41, 5.74) is 2.54. The van der Waals surface area contributed by atoms with E-state index in [1.54, 1.807) is 48.5 Å². The van der Waals surface area contributed by atoms with Gasteiger partial charge >= 0.3 is 26.6 Å². The van der Waals surface area contributed by atoms with Crippen LogP contribution in [0.25, 0.3) is 0 Å². The van der Waals surface area contributed by atoms with Crippen molar-refractivity contribution in [3.8, 4) is 0 Å². The van der Waals surface area contributed by atoms with Crippen LogP contribution < -0.4 is 10.9 Å². The second-order valence-electron chi connectivity index (χ2n) is 13.8. The van der Waals surface area contributed by atoms with Crippen molar-refractivity contribution in [3.05, 3.63) is 171 Å². The summed E-state index contributed by atoms with van der Waals surface area (Å²) in [5.74, 6) is -2.51. The van der Waals surface area contributed by atoms with Gasteiger partial charge in [0.15, 0.2) is 0 Å². The van der Waals surface area contributed by atoms with Crippen molar-refractivity contribution >= 4 is 93.6 Å². The Morgan fingerprint density at radius 3 is 1.13 bits per heavy atom. The molecule has 4 aromatic carbocycles. The van der Waals surface area contributed by atoms with E-state index in [-0.39, 0.29) is 37.8 Å². The smallest absolute Gasteiger partial charge is 0.306 e. The fourth-order valence-corrected chi connectivity index (χ4v) is 10.8. The second kappa shape index (κ2) is 26.3. The van der Waals surface area contributed by atoms with Crippen molar-refractivity contribution in [1.29, 1.82) is 0 Å². The molecule has 0 heterocycles. The van der Waals surface area contributed by atoms with Gasteiger partial charge in [0.1, 0.15) is 11.4 Å². The van der Waals surface area contributed by atoms with Gasteiger partial charge in [-0.15, -0.1) is 13.2 Å². The number of nitro benzene ring substituents is 4. The number of anilines is 2. The largest absolute Gasteiger partial charge is 0.374 e. The Morgan fingerprint density at radius 2 is 0.886 bits per heavy atom. The topological polar surface area (TPSA) is 292 Å². The van der Waals surface area contributed by atoms with Gasteiger partial charge in [0.25, 0.3) is 22.2 Å². The second-order valence-corrected chi connectivity index (χ2v) is 20.0. The third-order valence-electron chi connectivity index (χ3n) is 9.48. The van der Waals surface area contributed by atoms with E-state index in [2.05, 4.69) is 66.1 Å². The average molecular weight is 1150 g/mol. The molecule has 2 N–H and O–H groups in total. The van der Waals surface area contributed by atoms with Crippen LogP contribution in [0, 0.1) is 40.5 Å². The molecular formula is C42H46Br2F2N8O14P2. The normalized spacial score (nSPS) is 14.3. The molecule has 0 bridgehead atoms. The first-order chi connectivity index (χ1) is 33.0. The Morgan fingerprint density at radius 1 is 0.586 bits per heavy atom. The van der Waals surface area contributed by atoms with E-state index < -0.39 is 80.3 Å². The SMILES string of the molecule is C=C[C@H](c1ccc(Br)cc1)[C@](F)(/C=N/Nc1ccc([N+](=O)[O-])cc1[N+](=O)[O-])P(=O)(OCC)OCC.C=C[C@H](c1ccc(Br)cc1)[C@](F)(/C=N/Nc1ccc([N+](=O)[O-])cc1[N+](=O)[O-])P(=O)(OCC)OCC. The summed E-state index contributed by atoms with van der Waals surface area (Å²) in [4.78, 5) is 41.3. The number of hydrogen-bond donors (Lipinski definition) is 2. The highest BCUT2D eigenvalue weighted by Gasteiger charge is 2.57. The van der Waals surface area contributed by atoms with Crippen molar-refractivity contribution in [3.63, 3.8) is 0 Å². The lowest BCUT2D eigenvalue weighted by atomic mass is 9.94. The molecule has 376 valence electrons. The number of allylic oxidation sites excluding steroid dienone is 2. The average Bonchev–Trinajstić information content (AvgIpc) is 3.31. The number of nitrogens with one attached hydrogen (secondary N) is 2. The summed E-state index contributed by atoms with van der Waals surface area (Å²) < 4.78 is 83.4. The van der Waals surface area contributed by atoms with Crippen LogP contribution in [0.5, 0.6) is 0 Å². The summed E-state index contributed by atoms with van der Waals surface area (Å²) in [5, 5.41) is 46.4. The van der Waals surface area contributed by atoms with Crippen molar-refractivity contribution in [2.24, 2.45) is 10.2 Å². The molecule has 0 spiro atoms. The Hall–Kier alpha value is -5.98. The molecule has 0 amide bonds. The van der Waals surface area contributed by atoms with E-state index in [0.717, 1.165) is 45.3 Å². The van der Waals surface area contributed by atoms with Crippen LogP contribution in [0.2, 0.25) is 0 Å². The first-order valence-corrected chi connectivity index (χ1v) is 25.1. The summed E-state index contributed by atoms with van der Waals surface area (Å²) in [6.45, 7) is 12.9. The summed E-state index contributed by atoms with van der Waals surface area (Å²) in [7, 11) is -9.05. The predicted molar refractivity (Wildman–Crippen MR) is 267 cm³/mol. The Labute approximate surface area is 416 Å². The van der Waals surface area contributed by atoms with Crippen molar-refractivity contribution < 1.29 is 55.7 Å². The van der Waals surface area contributed by atoms with Gasteiger partial charge in [-0.2, -0.15) is 10.2 Å². The van der Waals surface area contributed by atoms with Crippen LogP contribution in [-0.2, 0) is 27.2 Å². The van der Waals surface area contributed by atoms with E-state index >= 15 is 8.78 Å². The third kappa shape index (κ3) is 14.1. The molecule has 28 heteroatoms. The number of hydrazone groups is 2. The van der Waals surface area contributed by atoms with Gasteiger partial charge < -0.3 is 18.1 Å². The number of halogens is 4. The fraction of sp³-hybridized carbons (Fsp3) is 0.286. The quantitative estimate of drug-likeness (QED) is 0.0194. The van der Waals surface area contributed by atoms with Crippen LogP contribution in [-0.4, -0.2) is 69.4 Å². The molecule has 4 aromatic rings. The zero-order chi connectivity index (χ0) is 52.5. The Kier molecular flexibility index (Phi) is 21.9. The first-order valence-electron chi connectivity index (χ1n) is 20.4. The maximum Gasteiger partial charge on any atom is 0.374 e. The molecule has 0 radical (unpaired) electrons. The molecule has 0 saturated heterocycles. The standard InChI is InChI=1S/2C21H23BrFN4O7P/c2*1-4-18(15-7-9-16(22)10-8-15)21(23,35(32,33-5-2)34-6-3)14-24-25-19-12-11-17(26(28)29)13-20(19)27(30)31/h2*4,7-14,18,25H,1,5-6H2,2-3H3/b2*24-14+/t2*18-,21+/m11/s1. The highest BCUT2D eigenvalue weighted by Crippen LogP contribution is 2.66. The fourth-order valence-electron chi connectivity index (χ4n) is 6.35. The molecule has 0 aliphatic carbocycles. The van der Waals surface area contributed by atoms with Gasteiger partial charge in [-0.25, -0.2) is 8.78 Å². The molecule has 4 rings (SSSR count). The number of benzene rings is 4. The van der Waals surface area contributed by atoms with Crippen molar-refractivity contribution in [2.75, 3.05) is 37.3 Å². The van der Waals surface area contributed by atoms with Crippen LogP contribution in [0.4, 0.5) is 42.9 Å². The van der Waals surface area contributed by atoms with Crippen molar-refractivity contribution in [2.45, 2.75) is 50.4 Å². The Bertz CT molecular complexity index is 2490. The summed E-state index contributed by atoms with van der Waals surface area (Å²) in [6, 6.07) is 18.6. The minimum Gasteiger partial charge on any atom is -0.306 e. The number of nitrogens with zero attached hydrogens (tertiary/aromatic N) is 6. The maximum absolute atomic E-state index is 16.8. The molecular weight excluding hydrogens is 1100 g/mol. The third-order valence-corrected chi connectivity index (χ3v) is 15.4. The van der Waals surface area contributed by atoms with E-state index in [9.17, 15) is 49.6 Å². The van der Waals surface area contributed by atoms with E-state index in [4.69, 9.17) is 18.1 Å². The lowest BCUT2D eigenvalue weighted by Crippen LogP contribution is -2.35. The molecule has 0 aliphatic heterocycles. The van der Waals surface area contributed by atoms with Gasteiger partial charge in [-0.3, -0.25) is 60.4 Å². The first kappa shape index (κ1) is 58.3. The molecule has 0 aliphatic rings. The molecule has 22 nitrogen and oxygen atoms in total. The monoisotopic (exact) mass is 1140 g/mol. The van der Waals surface area contributed by atoms with Crippen LogP contribution in [0.3, 0.4) is 0 Å². The number of alkyl halides is 2. The molecule has 0 unspecified atom stereocenters. The maximum atomic E-state index is 16.8. The van der Waals surface area contributed by atoms with Gasteiger partial charge in [0.05, 0.1) is 82.5 Å². The summed E-state index contributed by atoms with van der Waals surface area (Å²) >= 11 is 6.60. The highest BCUT2D eigenvalue weighted by atomic mass is 79.9. The lowest BCUT2D eigenvalue weighted by molar-refractivity contribution is -0.393. The molecule has 4 atom stereocenters. The zero-order valence-electron chi connectivity index (χ0n) is 37.6. The Balaban J connectivity index is 0.000000370. The minimum absolute atomic E-state index is 0.137. The van der Waals surface area contributed by atoms with Gasteiger partial charge in [-0.05, 0) is 75.2 Å². The molecule has 0 saturated carbocycles. The number of nitro groups is 4. The molecule has 70 heavy (non-hydrogen) atoms. The molecule has 0 aromatic heterocycles. The predicted octanol–water partition coefficient (Wildman–Crippen LogP) is 13.1. The van der Waals surface area contributed by atoms with Crippen LogP contribution >= 0.6 is 47.1 Å². The number of hydrogen-bond acceptors (Lipinski definition) is 18. The highest BCUT2D eigenvalue weighted by molar-refractivity contribution is 9.10. The van der Waals surface area contributed by atoms with Crippen LogP contribution in [0.1, 0.15) is 50.7 Å². The van der Waals surface area contributed by atoms with Gasteiger partial charge in [0.2, 0.25) is 0 Å². The zero-order valence-corrected chi connectivity index (χ0v) is 42.6. The van der Waals surface area contributed by atoms with E-state index in [0.29, 0.717) is 23.6 Å². The minimum atomic E-state index is -4.53. The van der Waals surface area contributed by atoms with E-state index in [1.807, 2.05) is 0 Å². The van der Waals surface area contributed by atoms with Gasteiger partial charge in [-0.1, -0.05) is 68.3 Å². The summed E-state index contributed by atoms with van der Waals surface area (Å²) in [6.07, 6.45) is 3.76. The number of non-ortho nitro benzene ring substituents is 2. The van der Waals surface area contributed by atoms with Gasteiger partial charge in [0, 0.05) is 21.1 Å². The molecule has 0 fully saturated rings. The number of rotatable bonds is 26.